The van der Waals surface area contributed by atoms with E-state index >= 15 is 0 Å². The topological polar surface area (TPSA) is 0 Å². The van der Waals surface area contributed by atoms with E-state index in [1.54, 1.807) is 0 Å². The van der Waals surface area contributed by atoms with Crippen molar-refractivity contribution in [3.05, 3.63) is 0 Å². The lowest BCUT2D eigenvalue weighted by atomic mass is 10.0. The summed E-state index contributed by atoms with van der Waals surface area (Å²) in [5, 5.41) is 0. The first-order valence-electron chi connectivity index (χ1n) is 8.91. The highest BCUT2D eigenvalue weighted by Crippen LogP contribution is 2.13. The third kappa shape index (κ3) is 20.5. The lowest BCUT2D eigenvalue weighted by Crippen LogP contribution is -1.83. The summed E-state index contributed by atoms with van der Waals surface area (Å²) >= 11 is 0. The van der Waals surface area contributed by atoms with Crippen LogP contribution in [0.2, 0.25) is 0 Å². The summed E-state index contributed by atoms with van der Waals surface area (Å²) in [7, 11) is 0. The van der Waals surface area contributed by atoms with Gasteiger partial charge >= 0.3 is 0 Å². The molecule has 0 rings (SSSR count). The highest BCUT2D eigenvalue weighted by molar-refractivity contribution is 5.75. The van der Waals surface area contributed by atoms with Crippen LogP contribution in [0.4, 0.5) is 0 Å². The van der Waals surface area contributed by atoms with Crippen LogP contribution in [0.1, 0.15) is 117 Å². The van der Waals surface area contributed by atoms with Crippen molar-refractivity contribution in [3.63, 3.8) is 0 Å². The molecule has 0 aliphatic rings. The molecule has 0 aliphatic heterocycles. The molecule has 0 aromatic carbocycles. The summed E-state index contributed by atoms with van der Waals surface area (Å²) in [5.74, 6) is 0. The van der Waals surface area contributed by atoms with E-state index in [9.17, 15) is 0 Å². The predicted octanol–water partition coefficient (Wildman–Crippen LogP) is 6.89. The average Bonchev–Trinajstić information content (AvgIpc) is 2.39. The van der Waals surface area contributed by atoms with E-state index in [4.69, 9.17) is 0 Å². The van der Waals surface area contributed by atoms with Crippen LogP contribution in [0.25, 0.3) is 0 Å². The Morgan fingerprint density at radius 3 is 0.632 bits per heavy atom. The molecule has 0 aromatic heterocycles. The smallest absolute Gasteiger partial charge is 0 e. The summed E-state index contributed by atoms with van der Waals surface area (Å²) in [6.07, 6.45) is 23.4. The van der Waals surface area contributed by atoms with Crippen molar-refractivity contribution in [1.82, 2.24) is 0 Å². The molecule has 1 heteroatoms. The molecule has 3 radical (unpaired) electrons. The van der Waals surface area contributed by atoms with Gasteiger partial charge in [0.15, 0.2) is 0 Å². The summed E-state index contributed by atoms with van der Waals surface area (Å²) in [6, 6.07) is 0. The van der Waals surface area contributed by atoms with Gasteiger partial charge in [-0.2, -0.15) is 0 Å². The molecule has 0 bridgehead atoms. The minimum absolute atomic E-state index is 0. The van der Waals surface area contributed by atoms with Crippen LogP contribution in [-0.2, 0) is 0 Å². The minimum atomic E-state index is 0. The van der Waals surface area contributed by atoms with Crippen LogP contribution in [0.5, 0.6) is 0 Å². The third-order valence-electron chi connectivity index (χ3n) is 3.96. The summed E-state index contributed by atoms with van der Waals surface area (Å²) in [5.41, 5.74) is 0. The monoisotopic (exact) mass is 265 g/mol. The van der Waals surface area contributed by atoms with Gasteiger partial charge in [-0.15, -0.1) is 0 Å². The summed E-state index contributed by atoms with van der Waals surface area (Å²) in [6.45, 7) is 4.59. The number of hydrogen-bond donors (Lipinski definition) is 0. The summed E-state index contributed by atoms with van der Waals surface area (Å²) < 4.78 is 0. The van der Waals surface area contributed by atoms with Crippen molar-refractivity contribution in [2.75, 3.05) is 0 Å². The van der Waals surface area contributed by atoms with E-state index in [0.29, 0.717) is 0 Å². The fourth-order valence-corrected chi connectivity index (χ4v) is 2.62. The largest absolute Gasteiger partial charge is 0.0654 e. The Hall–Kier alpha value is 0.0649. The second-order valence-corrected chi connectivity index (χ2v) is 5.95. The minimum Gasteiger partial charge on any atom is -0.0654 e. The Bertz CT molecular complexity index is 118. The van der Waals surface area contributed by atoms with Gasteiger partial charge in [0, 0.05) is 8.41 Å². The molecule has 0 aromatic rings. The van der Waals surface area contributed by atoms with Gasteiger partial charge in [0.05, 0.1) is 0 Å². The van der Waals surface area contributed by atoms with Crippen molar-refractivity contribution >= 4 is 8.41 Å². The van der Waals surface area contributed by atoms with Crippen LogP contribution in [0, 0.1) is 0 Å². The van der Waals surface area contributed by atoms with Gasteiger partial charge in [-0.05, 0) is 0 Å². The number of rotatable bonds is 15. The van der Waals surface area contributed by atoms with E-state index in [2.05, 4.69) is 13.8 Å². The van der Waals surface area contributed by atoms with Crippen LogP contribution in [0.15, 0.2) is 0 Å². The molecule has 0 aliphatic carbocycles. The van der Waals surface area contributed by atoms with Crippen LogP contribution >= 0.6 is 0 Å². The Morgan fingerprint density at radius 2 is 0.474 bits per heavy atom. The Labute approximate surface area is 125 Å². The zero-order chi connectivity index (χ0) is 13.3. The molecule has 0 unspecified atom stereocenters. The van der Waals surface area contributed by atoms with E-state index in [1.807, 2.05) is 0 Å². The molecule has 0 atom stereocenters. The highest BCUT2D eigenvalue weighted by atomic mass is 14.0. The van der Waals surface area contributed by atoms with Crippen molar-refractivity contribution in [2.45, 2.75) is 117 Å². The predicted molar refractivity (Wildman–Crippen MR) is 91.0 cm³/mol. The molecular formula is C18H38B. The molecule has 0 saturated carbocycles. The first-order chi connectivity index (χ1) is 8.91. The Kier molecular flexibility index (Phi) is 22.9. The zero-order valence-corrected chi connectivity index (χ0v) is 13.9. The molecule has 0 nitrogen and oxygen atoms in total. The molecule has 0 saturated heterocycles. The Morgan fingerprint density at radius 1 is 0.316 bits per heavy atom. The molecule has 19 heavy (non-hydrogen) atoms. The first kappa shape index (κ1) is 21.4. The fourth-order valence-electron chi connectivity index (χ4n) is 2.62. The maximum atomic E-state index is 2.29. The SMILES string of the molecule is CCCCCCCCCCCCCCCCCC.[B]. The molecular weight excluding hydrogens is 227 g/mol. The molecule has 0 spiro atoms. The normalized spacial score (nSPS) is 10.4. The highest BCUT2D eigenvalue weighted by Gasteiger charge is 1.93. The maximum Gasteiger partial charge on any atom is 0 e. The van der Waals surface area contributed by atoms with Crippen LogP contribution in [-0.4, -0.2) is 8.41 Å². The van der Waals surface area contributed by atoms with Gasteiger partial charge in [-0.1, -0.05) is 117 Å². The van der Waals surface area contributed by atoms with Gasteiger partial charge < -0.3 is 0 Å². The van der Waals surface area contributed by atoms with Gasteiger partial charge in [0.25, 0.3) is 0 Å². The second-order valence-electron chi connectivity index (χ2n) is 5.95. The molecule has 0 amide bonds. The van der Waals surface area contributed by atoms with E-state index in [1.165, 1.54) is 103 Å². The fraction of sp³-hybridized carbons (Fsp3) is 1.00. The van der Waals surface area contributed by atoms with Crippen molar-refractivity contribution in [3.8, 4) is 0 Å². The summed E-state index contributed by atoms with van der Waals surface area (Å²) in [4.78, 5) is 0. The average molecular weight is 265 g/mol. The van der Waals surface area contributed by atoms with Crippen LogP contribution < -0.4 is 0 Å². The zero-order valence-electron chi connectivity index (χ0n) is 13.9. The molecule has 0 N–H and O–H groups in total. The standard InChI is InChI=1S/C18H38.B/c1-3-5-7-9-11-13-15-17-18-16-14-12-10-8-6-4-2;/h3-18H2,1-2H3;. The van der Waals surface area contributed by atoms with Gasteiger partial charge in [-0.25, -0.2) is 0 Å². The quantitative estimate of drug-likeness (QED) is 0.223. The lowest BCUT2D eigenvalue weighted by molar-refractivity contribution is 0.531. The van der Waals surface area contributed by atoms with Gasteiger partial charge in [-0.3, -0.25) is 0 Å². The molecule has 113 valence electrons. The number of unbranched alkanes of at least 4 members (excludes halogenated alkanes) is 15. The van der Waals surface area contributed by atoms with Gasteiger partial charge in [0.1, 0.15) is 0 Å². The van der Waals surface area contributed by atoms with E-state index in [-0.39, 0.29) is 8.41 Å². The maximum absolute atomic E-state index is 2.29. The number of hydrogen-bond acceptors (Lipinski definition) is 0. The molecule has 0 fully saturated rings. The Balaban J connectivity index is 0. The van der Waals surface area contributed by atoms with Crippen LogP contribution in [0.3, 0.4) is 0 Å². The third-order valence-corrected chi connectivity index (χ3v) is 3.96. The van der Waals surface area contributed by atoms with Crippen molar-refractivity contribution in [1.29, 1.82) is 0 Å². The first-order valence-corrected chi connectivity index (χ1v) is 8.91. The van der Waals surface area contributed by atoms with Crippen molar-refractivity contribution in [2.24, 2.45) is 0 Å². The second kappa shape index (κ2) is 20.4. The molecule has 0 heterocycles. The lowest BCUT2D eigenvalue weighted by Gasteiger charge is -2.03. The van der Waals surface area contributed by atoms with Crippen molar-refractivity contribution < 1.29 is 0 Å². The van der Waals surface area contributed by atoms with E-state index in [0.717, 1.165) is 0 Å². The van der Waals surface area contributed by atoms with Gasteiger partial charge in [0.2, 0.25) is 0 Å². The van der Waals surface area contributed by atoms with E-state index < -0.39 is 0 Å².